The minimum Gasteiger partial charge on any atom is -0.493 e. The zero-order chi connectivity index (χ0) is 17.8. The van der Waals surface area contributed by atoms with E-state index in [0.717, 1.165) is 16.8 Å². The molecule has 0 unspecified atom stereocenters. The van der Waals surface area contributed by atoms with Gasteiger partial charge >= 0.3 is 0 Å². The van der Waals surface area contributed by atoms with Crippen molar-refractivity contribution in [3.63, 3.8) is 0 Å². The summed E-state index contributed by atoms with van der Waals surface area (Å²) >= 11 is 7.37. The van der Waals surface area contributed by atoms with Gasteiger partial charge in [-0.2, -0.15) is 0 Å². The van der Waals surface area contributed by atoms with Gasteiger partial charge in [-0.15, -0.1) is 0 Å². The topological polar surface area (TPSA) is 50.7 Å². The number of carbonyl (C=O) groups excluding carboxylic acids is 1. The molecule has 2 aromatic rings. The standard InChI is InChI=1S/C19H17ClN2O2S/c1-3-24-16-9-6-14(20)10-13(16)11-17-18(23)22-19(25-17)21-15-7-4-12(2)5-8-15/h4-11H,3H2,1-2H3,(H,21,22,23)/b17-11-. The smallest absolute Gasteiger partial charge is 0.264 e. The first kappa shape index (κ1) is 17.6. The number of aliphatic imine (C=N–C) groups is 1. The second-order valence-corrected chi connectivity index (χ2v) is 6.90. The minimum atomic E-state index is -0.182. The Morgan fingerprint density at radius 1 is 1.24 bits per heavy atom. The first-order valence-corrected chi connectivity index (χ1v) is 9.03. The molecule has 1 heterocycles. The van der Waals surface area contributed by atoms with Crippen LogP contribution in [0.3, 0.4) is 0 Å². The van der Waals surface area contributed by atoms with Gasteiger partial charge < -0.3 is 10.1 Å². The van der Waals surface area contributed by atoms with Gasteiger partial charge in [0.15, 0.2) is 5.17 Å². The van der Waals surface area contributed by atoms with E-state index in [1.54, 1.807) is 24.3 Å². The first-order chi connectivity index (χ1) is 12.0. The van der Waals surface area contributed by atoms with Gasteiger partial charge in [-0.25, -0.2) is 4.99 Å². The molecule has 0 atom stereocenters. The van der Waals surface area contributed by atoms with E-state index in [9.17, 15) is 4.79 Å². The quantitative estimate of drug-likeness (QED) is 0.773. The highest BCUT2D eigenvalue weighted by Gasteiger charge is 2.24. The zero-order valence-electron chi connectivity index (χ0n) is 13.9. The van der Waals surface area contributed by atoms with Crippen molar-refractivity contribution in [2.45, 2.75) is 13.8 Å². The molecule has 1 saturated heterocycles. The maximum atomic E-state index is 12.2. The summed E-state index contributed by atoms with van der Waals surface area (Å²) in [5.74, 6) is 0.509. The van der Waals surface area contributed by atoms with Crippen LogP contribution in [0.5, 0.6) is 5.75 Å². The average Bonchev–Trinajstić information content (AvgIpc) is 2.92. The molecule has 0 saturated carbocycles. The molecular weight excluding hydrogens is 356 g/mol. The fraction of sp³-hybridized carbons (Fsp3) is 0.158. The maximum Gasteiger partial charge on any atom is 0.264 e. The molecule has 3 rings (SSSR count). The van der Waals surface area contributed by atoms with Crippen molar-refractivity contribution in [3.8, 4) is 5.75 Å². The van der Waals surface area contributed by atoms with E-state index in [1.165, 1.54) is 11.8 Å². The van der Waals surface area contributed by atoms with Crippen molar-refractivity contribution in [2.24, 2.45) is 4.99 Å². The van der Waals surface area contributed by atoms with Crippen LogP contribution in [0.4, 0.5) is 5.69 Å². The van der Waals surface area contributed by atoms with Gasteiger partial charge in [0.1, 0.15) is 5.75 Å². The van der Waals surface area contributed by atoms with Gasteiger partial charge in [0.2, 0.25) is 0 Å². The second-order valence-electron chi connectivity index (χ2n) is 5.43. The molecule has 128 valence electrons. The number of nitrogens with one attached hydrogen (secondary N) is 1. The zero-order valence-corrected chi connectivity index (χ0v) is 15.4. The molecular formula is C19H17ClN2O2S. The summed E-state index contributed by atoms with van der Waals surface area (Å²) in [6.07, 6.45) is 1.77. The largest absolute Gasteiger partial charge is 0.493 e. The number of benzene rings is 2. The predicted molar refractivity (Wildman–Crippen MR) is 105 cm³/mol. The molecule has 1 fully saturated rings. The Kier molecular flexibility index (Phi) is 5.46. The molecule has 6 heteroatoms. The molecule has 0 spiro atoms. The minimum absolute atomic E-state index is 0.182. The fourth-order valence-electron chi connectivity index (χ4n) is 2.28. The van der Waals surface area contributed by atoms with E-state index in [4.69, 9.17) is 16.3 Å². The maximum absolute atomic E-state index is 12.2. The number of ether oxygens (including phenoxy) is 1. The Labute approximate surface area is 155 Å². The van der Waals surface area contributed by atoms with E-state index >= 15 is 0 Å². The van der Waals surface area contributed by atoms with Crippen molar-refractivity contribution in [1.29, 1.82) is 0 Å². The van der Waals surface area contributed by atoms with E-state index in [0.29, 0.717) is 27.5 Å². The van der Waals surface area contributed by atoms with Crippen LogP contribution in [0.2, 0.25) is 5.02 Å². The SMILES string of the molecule is CCOc1ccc(Cl)cc1/C=C1\SC(=Nc2ccc(C)cc2)NC1=O. The fourth-order valence-corrected chi connectivity index (χ4v) is 3.29. The molecule has 2 aromatic carbocycles. The monoisotopic (exact) mass is 372 g/mol. The summed E-state index contributed by atoms with van der Waals surface area (Å²) in [5, 5.41) is 3.93. The third kappa shape index (κ3) is 4.44. The lowest BCUT2D eigenvalue weighted by molar-refractivity contribution is -0.115. The Morgan fingerprint density at radius 3 is 2.72 bits per heavy atom. The van der Waals surface area contributed by atoms with Crippen LogP contribution in [-0.4, -0.2) is 17.7 Å². The third-order valence-corrected chi connectivity index (χ3v) is 4.62. The van der Waals surface area contributed by atoms with Crippen molar-refractivity contribution < 1.29 is 9.53 Å². The Balaban J connectivity index is 1.86. The number of hydrogen-bond donors (Lipinski definition) is 1. The number of carbonyl (C=O) groups is 1. The molecule has 1 amide bonds. The van der Waals surface area contributed by atoms with Crippen molar-refractivity contribution in [1.82, 2.24) is 5.32 Å². The molecule has 1 aliphatic rings. The van der Waals surface area contributed by atoms with Crippen molar-refractivity contribution in [2.75, 3.05) is 6.61 Å². The van der Waals surface area contributed by atoms with Gasteiger partial charge in [-0.3, -0.25) is 4.79 Å². The van der Waals surface area contributed by atoms with Gasteiger partial charge in [0, 0.05) is 10.6 Å². The molecule has 25 heavy (non-hydrogen) atoms. The summed E-state index contributed by atoms with van der Waals surface area (Å²) in [4.78, 5) is 17.2. The Hall–Kier alpha value is -2.24. The van der Waals surface area contributed by atoms with Gasteiger partial charge in [-0.1, -0.05) is 29.3 Å². The summed E-state index contributed by atoms with van der Waals surface area (Å²) < 4.78 is 5.60. The summed E-state index contributed by atoms with van der Waals surface area (Å²) in [6, 6.07) is 13.2. The highest BCUT2D eigenvalue weighted by atomic mass is 35.5. The molecule has 1 N–H and O–H groups in total. The predicted octanol–water partition coefficient (Wildman–Crippen LogP) is 4.94. The first-order valence-electron chi connectivity index (χ1n) is 7.84. The molecule has 0 aromatic heterocycles. The summed E-state index contributed by atoms with van der Waals surface area (Å²) in [5.41, 5.74) is 2.73. The average molecular weight is 373 g/mol. The van der Waals surface area contributed by atoms with Crippen LogP contribution in [0.15, 0.2) is 52.4 Å². The van der Waals surface area contributed by atoms with Gasteiger partial charge in [-0.05, 0) is 62.0 Å². The number of thioether (sulfide) groups is 1. The lowest BCUT2D eigenvalue weighted by Gasteiger charge is -2.07. The summed E-state index contributed by atoms with van der Waals surface area (Å²) in [7, 11) is 0. The highest BCUT2D eigenvalue weighted by Crippen LogP contribution is 2.32. The lowest BCUT2D eigenvalue weighted by Crippen LogP contribution is -2.19. The molecule has 0 bridgehead atoms. The number of amidine groups is 1. The van der Waals surface area contributed by atoms with Gasteiger partial charge in [0.05, 0.1) is 17.2 Å². The number of aryl methyl sites for hydroxylation is 1. The van der Waals surface area contributed by atoms with Crippen LogP contribution in [0, 0.1) is 6.92 Å². The van der Waals surface area contributed by atoms with E-state index < -0.39 is 0 Å². The number of hydrogen-bond acceptors (Lipinski definition) is 4. The van der Waals surface area contributed by atoms with Crippen LogP contribution in [0.1, 0.15) is 18.1 Å². The van der Waals surface area contributed by atoms with Crippen LogP contribution >= 0.6 is 23.4 Å². The van der Waals surface area contributed by atoms with E-state index in [2.05, 4.69) is 10.3 Å². The van der Waals surface area contributed by atoms with Crippen molar-refractivity contribution in [3.05, 3.63) is 63.5 Å². The van der Waals surface area contributed by atoms with Crippen LogP contribution < -0.4 is 10.1 Å². The van der Waals surface area contributed by atoms with Crippen LogP contribution in [0.25, 0.3) is 6.08 Å². The van der Waals surface area contributed by atoms with Gasteiger partial charge in [0.25, 0.3) is 5.91 Å². The summed E-state index contributed by atoms with van der Waals surface area (Å²) in [6.45, 7) is 4.47. The van der Waals surface area contributed by atoms with Crippen LogP contribution in [-0.2, 0) is 4.79 Å². The van der Waals surface area contributed by atoms with E-state index in [-0.39, 0.29) is 5.91 Å². The van der Waals surface area contributed by atoms with E-state index in [1.807, 2.05) is 38.1 Å². The Bertz CT molecular complexity index is 860. The number of amides is 1. The normalized spacial score (nSPS) is 17.2. The molecule has 1 aliphatic heterocycles. The number of halogens is 1. The molecule has 0 aliphatic carbocycles. The number of nitrogens with zero attached hydrogens (tertiary/aromatic N) is 1. The highest BCUT2D eigenvalue weighted by molar-refractivity contribution is 8.18. The Morgan fingerprint density at radius 2 is 2.00 bits per heavy atom. The molecule has 0 radical (unpaired) electrons. The number of rotatable bonds is 4. The second kappa shape index (κ2) is 7.76. The lowest BCUT2D eigenvalue weighted by atomic mass is 10.2. The van der Waals surface area contributed by atoms with Crippen molar-refractivity contribution >= 4 is 46.2 Å². The molecule has 4 nitrogen and oxygen atoms in total. The third-order valence-electron chi connectivity index (χ3n) is 3.47.